The summed E-state index contributed by atoms with van der Waals surface area (Å²) in [5.74, 6) is -0.926. The van der Waals surface area contributed by atoms with Gasteiger partial charge in [0.05, 0.1) is 38.7 Å². The molecule has 0 aromatic carbocycles. The van der Waals surface area contributed by atoms with Crippen molar-refractivity contribution in [1.29, 1.82) is 0 Å². The van der Waals surface area contributed by atoms with Gasteiger partial charge in [0, 0.05) is 0 Å². The molecule has 1 fully saturated rings. The number of rotatable bonds is 3. The van der Waals surface area contributed by atoms with Crippen molar-refractivity contribution in [2.75, 3.05) is 6.67 Å². The lowest BCUT2D eigenvalue weighted by Gasteiger charge is -2.37. The molecule has 0 heterocycles. The summed E-state index contributed by atoms with van der Waals surface area (Å²) < 4.78 is 11.2. The molecule has 0 aliphatic heterocycles. The summed E-state index contributed by atoms with van der Waals surface area (Å²) in [6.07, 6.45) is -0.267. The number of halogens is 7. The minimum Gasteiger partial charge on any atom is -0.300 e. The zero-order chi connectivity index (χ0) is 16.0. The third-order valence-electron chi connectivity index (χ3n) is 2.42. The first kappa shape index (κ1) is 21.0. The first-order valence-electron chi connectivity index (χ1n) is 5.55. The molecular formula is C11H13Cl6FO2. The third-order valence-corrected chi connectivity index (χ3v) is 6.45. The number of carbonyl (C=O) groups is 2. The highest BCUT2D eigenvalue weighted by Crippen LogP contribution is 2.39. The number of hydrogen-bond acceptors (Lipinski definition) is 2. The van der Waals surface area contributed by atoms with Crippen molar-refractivity contribution < 1.29 is 14.0 Å². The molecule has 2 nitrogen and oxygen atoms in total. The summed E-state index contributed by atoms with van der Waals surface area (Å²) in [5, 5.41) is -2.62. The van der Waals surface area contributed by atoms with Gasteiger partial charge in [0.1, 0.15) is 12.5 Å². The molecule has 0 spiro atoms. The molecule has 118 valence electrons. The maximum absolute atomic E-state index is 11.2. The highest BCUT2D eigenvalue weighted by atomic mass is 35.5. The summed E-state index contributed by atoms with van der Waals surface area (Å²) in [4.78, 5) is 20.1. The van der Waals surface area contributed by atoms with Gasteiger partial charge in [-0.3, -0.25) is 9.59 Å². The molecule has 0 aromatic rings. The number of ketones is 2. The Labute approximate surface area is 147 Å². The van der Waals surface area contributed by atoms with E-state index in [0.29, 0.717) is 0 Å². The molecule has 20 heavy (non-hydrogen) atoms. The Morgan fingerprint density at radius 1 is 0.800 bits per heavy atom. The summed E-state index contributed by atoms with van der Waals surface area (Å²) in [5.41, 5.74) is 0. The van der Waals surface area contributed by atoms with Gasteiger partial charge in [-0.05, 0) is 6.92 Å². The van der Waals surface area contributed by atoms with E-state index in [2.05, 4.69) is 0 Å². The fourth-order valence-corrected chi connectivity index (χ4v) is 3.71. The van der Waals surface area contributed by atoms with Gasteiger partial charge in [0.15, 0.2) is 5.78 Å². The standard InChI is InChI=1S/C6H6Cl6.C5H7FO2/c7-1-2(8)4(10)6(12)5(11)3(1)9;1-4(7)2-5(8)3-6/h1-6H;2-3H2,1H3/t1-,2-,3-,4+,5+,6+;. The van der Waals surface area contributed by atoms with Crippen molar-refractivity contribution >= 4 is 81.2 Å². The molecule has 1 aliphatic carbocycles. The Bertz CT molecular complexity index is 284. The van der Waals surface area contributed by atoms with Gasteiger partial charge in [0.2, 0.25) is 0 Å². The predicted octanol–water partition coefficient (Wildman–Crippen LogP) is 4.15. The van der Waals surface area contributed by atoms with Crippen LogP contribution in [0.15, 0.2) is 0 Å². The van der Waals surface area contributed by atoms with E-state index < -0.39 is 44.7 Å². The number of hydrogen-bond donors (Lipinski definition) is 0. The summed E-state index contributed by atoms with van der Waals surface area (Å²) >= 11 is 35.3. The second-order valence-corrected chi connectivity index (χ2v) is 7.24. The minimum atomic E-state index is -1.03. The first-order chi connectivity index (χ1) is 9.13. The monoisotopic (exact) mass is 406 g/mol. The Hall–Kier alpha value is 1.01. The Morgan fingerprint density at radius 3 is 1.15 bits per heavy atom. The third kappa shape index (κ3) is 6.41. The summed E-state index contributed by atoms with van der Waals surface area (Å²) in [6.45, 7) is 0.229. The molecule has 9 heteroatoms. The van der Waals surface area contributed by atoms with Gasteiger partial charge >= 0.3 is 0 Å². The molecule has 0 unspecified atom stereocenters. The van der Waals surface area contributed by atoms with Gasteiger partial charge in [-0.25, -0.2) is 4.39 Å². The van der Waals surface area contributed by atoms with Gasteiger partial charge in [-0.2, -0.15) is 0 Å². The molecule has 1 aliphatic rings. The lowest BCUT2D eigenvalue weighted by atomic mass is 9.97. The molecule has 0 radical (unpaired) electrons. The average Bonchev–Trinajstić information content (AvgIpc) is 2.40. The van der Waals surface area contributed by atoms with Crippen LogP contribution in [-0.2, 0) is 9.59 Å². The molecule has 0 N–H and O–H groups in total. The molecule has 1 saturated carbocycles. The lowest BCUT2D eigenvalue weighted by Crippen LogP contribution is -2.52. The van der Waals surface area contributed by atoms with Crippen LogP contribution in [-0.4, -0.2) is 50.5 Å². The van der Waals surface area contributed by atoms with Crippen molar-refractivity contribution in [3.63, 3.8) is 0 Å². The maximum atomic E-state index is 11.2. The van der Waals surface area contributed by atoms with E-state index in [-0.39, 0.29) is 12.2 Å². The Morgan fingerprint density at radius 2 is 1.05 bits per heavy atom. The first-order valence-corrected chi connectivity index (χ1v) is 8.16. The van der Waals surface area contributed by atoms with Crippen LogP contribution in [0, 0.1) is 0 Å². The van der Waals surface area contributed by atoms with Crippen molar-refractivity contribution in [2.45, 2.75) is 45.6 Å². The molecule has 0 amide bonds. The average molecular weight is 409 g/mol. The number of alkyl halides is 7. The van der Waals surface area contributed by atoms with Gasteiger partial charge in [-0.1, -0.05) is 0 Å². The van der Waals surface area contributed by atoms with Gasteiger partial charge in [-0.15, -0.1) is 69.6 Å². The van der Waals surface area contributed by atoms with Crippen LogP contribution in [0.1, 0.15) is 13.3 Å². The second kappa shape index (κ2) is 9.91. The SMILES string of the molecule is CC(=O)CC(=O)CF.Cl[C@H]1[C@H](Cl)[C@@H](Cl)[C@@H](Cl)[C@H](Cl)[C@H]1Cl. The molecular weight excluding hydrogens is 396 g/mol. The second-order valence-electron chi connectivity index (χ2n) is 4.22. The quantitative estimate of drug-likeness (QED) is 0.519. The largest absolute Gasteiger partial charge is 0.300 e. The molecule has 0 saturated heterocycles. The normalized spacial score (nSPS) is 36.8. The van der Waals surface area contributed by atoms with Crippen LogP contribution in [0.2, 0.25) is 0 Å². The van der Waals surface area contributed by atoms with E-state index in [1.165, 1.54) is 6.92 Å². The maximum Gasteiger partial charge on any atom is 0.171 e. The van der Waals surface area contributed by atoms with Crippen molar-refractivity contribution in [1.82, 2.24) is 0 Å². The molecule has 1 rings (SSSR count). The fourth-order valence-electron chi connectivity index (χ4n) is 1.38. The van der Waals surface area contributed by atoms with E-state index in [9.17, 15) is 14.0 Å². The smallest absolute Gasteiger partial charge is 0.171 e. The van der Waals surface area contributed by atoms with Crippen molar-refractivity contribution in [3.8, 4) is 0 Å². The molecule has 0 atom stereocenters. The van der Waals surface area contributed by atoms with Crippen LogP contribution >= 0.6 is 69.6 Å². The summed E-state index contributed by atoms with van der Waals surface area (Å²) in [6, 6.07) is 0. The molecule has 0 bridgehead atoms. The van der Waals surface area contributed by atoms with E-state index in [1.807, 2.05) is 0 Å². The van der Waals surface area contributed by atoms with E-state index in [0.717, 1.165) is 0 Å². The Kier molecular flexibility index (Phi) is 10.4. The topological polar surface area (TPSA) is 34.1 Å². The van der Waals surface area contributed by atoms with Gasteiger partial charge < -0.3 is 0 Å². The van der Waals surface area contributed by atoms with E-state index >= 15 is 0 Å². The highest BCUT2D eigenvalue weighted by Gasteiger charge is 2.46. The van der Waals surface area contributed by atoms with Crippen LogP contribution in [0.4, 0.5) is 4.39 Å². The fraction of sp³-hybridized carbons (Fsp3) is 0.818. The Balaban J connectivity index is 0.000000396. The van der Waals surface area contributed by atoms with Crippen molar-refractivity contribution in [3.05, 3.63) is 0 Å². The lowest BCUT2D eigenvalue weighted by molar-refractivity contribution is -0.126. The van der Waals surface area contributed by atoms with Crippen molar-refractivity contribution in [2.24, 2.45) is 0 Å². The molecule has 0 aromatic heterocycles. The zero-order valence-electron chi connectivity index (χ0n) is 10.3. The zero-order valence-corrected chi connectivity index (χ0v) is 14.9. The highest BCUT2D eigenvalue weighted by molar-refractivity contribution is 6.45. The van der Waals surface area contributed by atoms with Gasteiger partial charge in [0.25, 0.3) is 0 Å². The van der Waals surface area contributed by atoms with Crippen LogP contribution < -0.4 is 0 Å². The van der Waals surface area contributed by atoms with Crippen LogP contribution in [0.25, 0.3) is 0 Å². The van der Waals surface area contributed by atoms with E-state index in [1.54, 1.807) is 0 Å². The number of carbonyl (C=O) groups excluding carboxylic acids is 2. The minimum absolute atomic E-state index is 0.267. The van der Waals surface area contributed by atoms with E-state index in [4.69, 9.17) is 69.6 Å². The predicted molar refractivity (Wildman–Crippen MR) is 84.1 cm³/mol. The van der Waals surface area contributed by atoms with Crippen LogP contribution in [0.3, 0.4) is 0 Å². The van der Waals surface area contributed by atoms with Crippen LogP contribution in [0.5, 0.6) is 0 Å². The number of Topliss-reactive ketones (excluding diaryl/α,β-unsaturated/α-hetero) is 2. The summed E-state index contributed by atoms with van der Waals surface area (Å²) in [7, 11) is 0.